The molecule has 0 radical (unpaired) electrons. The monoisotopic (exact) mass is 431 g/mol. The Kier molecular flexibility index (Phi) is 8.60. The van der Waals surface area contributed by atoms with Gasteiger partial charge >= 0.3 is 0 Å². The molecule has 0 bridgehead atoms. The van der Waals surface area contributed by atoms with Crippen LogP contribution in [0.1, 0.15) is 25.3 Å². The first-order valence-corrected chi connectivity index (χ1v) is 11.2. The average molecular weight is 432 g/mol. The fourth-order valence-corrected chi connectivity index (χ4v) is 4.29. The van der Waals surface area contributed by atoms with Gasteiger partial charge in [-0.05, 0) is 52.4 Å². The molecule has 1 saturated heterocycles. The number of likely N-dealkylation sites (tertiary alicyclic amines) is 1. The number of amides is 1. The molecule has 7 heteroatoms. The van der Waals surface area contributed by atoms with Crippen LogP contribution >= 0.6 is 0 Å². The number of carbonyl (C=O) groups is 1. The molecular weight excluding hydrogens is 394 g/mol. The minimum atomic E-state index is -0.0547. The number of ether oxygens (including phenoxy) is 3. The van der Waals surface area contributed by atoms with Gasteiger partial charge in [0.1, 0.15) is 24.7 Å². The third kappa shape index (κ3) is 6.61. The van der Waals surface area contributed by atoms with Crippen LogP contribution in [-0.4, -0.2) is 87.7 Å². The molecule has 1 amide bonds. The van der Waals surface area contributed by atoms with Crippen molar-refractivity contribution < 1.29 is 19.0 Å². The van der Waals surface area contributed by atoms with E-state index in [1.807, 2.05) is 38.1 Å². The predicted molar refractivity (Wildman–Crippen MR) is 121 cm³/mol. The lowest BCUT2D eigenvalue weighted by molar-refractivity contribution is -0.133. The number of piperidine rings is 1. The van der Waals surface area contributed by atoms with Crippen LogP contribution in [0.15, 0.2) is 35.8 Å². The van der Waals surface area contributed by atoms with Crippen molar-refractivity contribution in [1.29, 1.82) is 0 Å². The molecule has 1 atom stereocenters. The van der Waals surface area contributed by atoms with Crippen molar-refractivity contribution in [2.24, 2.45) is 5.92 Å². The predicted octanol–water partition coefficient (Wildman–Crippen LogP) is 2.58. The number of hydrogen-bond acceptors (Lipinski definition) is 6. The standard InChI is InChI=1S/C24H37N3O4/c1-19-23(31-15-14-30-19)24(28)27(13-12-25(2)3)17-20-8-7-11-26(16-20)18-21-9-5-6-10-22(21)29-4/h5-6,9-10,20H,7-8,11-18H2,1-4H3/t20-/m1/s1. The van der Waals surface area contributed by atoms with Gasteiger partial charge in [0.25, 0.3) is 5.91 Å². The van der Waals surface area contributed by atoms with Crippen molar-refractivity contribution >= 4 is 5.91 Å². The number of carbonyl (C=O) groups excluding carboxylic acids is 1. The van der Waals surface area contributed by atoms with E-state index in [4.69, 9.17) is 14.2 Å². The maximum Gasteiger partial charge on any atom is 0.292 e. The van der Waals surface area contributed by atoms with Gasteiger partial charge in [-0.1, -0.05) is 18.2 Å². The Bertz CT molecular complexity index is 765. The van der Waals surface area contributed by atoms with Crippen LogP contribution in [0.25, 0.3) is 0 Å². The Morgan fingerprint density at radius 1 is 1.19 bits per heavy atom. The molecule has 31 heavy (non-hydrogen) atoms. The molecule has 1 aromatic rings. The van der Waals surface area contributed by atoms with E-state index >= 15 is 0 Å². The van der Waals surface area contributed by atoms with E-state index in [2.05, 4.69) is 21.9 Å². The SMILES string of the molecule is COc1ccccc1CN1CCC[C@@H](CN(CCN(C)C)C(=O)C2=C(C)OCCO2)C1. The zero-order valence-corrected chi connectivity index (χ0v) is 19.4. The molecule has 0 unspecified atom stereocenters. The van der Waals surface area contributed by atoms with E-state index in [-0.39, 0.29) is 5.91 Å². The summed E-state index contributed by atoms with van der Waals surface area (Å²) in [7, 11) is 5.78. The number of methoxy groups -OCH3 is 1. The normalized spacial score (nSPS) is 19.7. The Morgan fingerprint density at radius 3 is 2.71 bits per heavy atom. The van der Waals surface area contributed by atoms with Crippen molar-refractivity contribution in [3.8, 4) is 5.75 Å². The first-order chi connectivity index (χ1) is 15.0. The average Bonchev–Trinajstić information content (AvgIpc) is 2.77. The highest BCUT2D eigenvalue weighted by molar-refractivity contribution is 5.92. The van der Waals surface area contributed by atoms with Crippen LogP contribution < -0.4 is 4.74 Å². The van der Waals surface area contributed by atoms with E-state index in [1.165, 1.54) is 5.56 Å². The fraction of sp³-hybridized carbons (Fsp3) is 0.625. The fourth-order valence-electron chi connectivity index (χ4n) is 4.29. The highest BCUT2D eigenvalue weighted by Gasteiger charge is 2.29. The maximum atomic E-state index is 13.3. The van der Waals surface area contributed by atoms with Gasteiger partial charge in [0.15, 0.2) is 0 Å². The molecule has 2 aliphatic heterocycles. The Hall–Kier alpha value is -2.25. The van der Waals surface area contributed by atoms with E-state index in [0.29, 0.717) is 37.2 Å². The molecule has 172 valence electrons. The minimum Gasteiger partial charge on any atom is -0.496 e. The largest absolute Gasteiger partial charge is 0.496 e. The van der Waals surface area contributed by atoms with E-state index < -0.39 is 0 Å². The summed E-state index contributed by atoms with van der Waals surface area (Å²) in [4.78, 5) is 19.8. The summed E-state index contributed by atoms with van der Waals surface area (Å²) in [6, 6.07) is 8.21. The van der Waals surface area contributed by atoms with Gasteiger partial charge < -0.3 is 24.0 Å². The summed E-state index contributed by atoms with van der Waals surface area (Å²) in [6.45, 7) is 7.87. The molecule has 0 aromatic heterocycles. The van der Waals surface area contributed by atoms with Gasteiger partial charge in [-0.15, -0.1) is 0 Å². The lowest BCUT2D eigenvalue weighted by Crippen LogP contribution is -2.45. The molecule has 0 saturated carbocycles. The van der Waals surface area contributed by atoms with Gasteiger partial charge in [0.05, 0.1) is 7.11 Å². The topological polar surface area (TPSA) is 54.5 Å². The Morgan fingerprint density at radius 2 is 1.97 bits per heavy atom. The molecule has 7 nitrogen and oxygen atoms in total. The zero-order chi connectivity index (χ0) is 22.2. The number of rotatable bonds is 9. The molecular formula is C24H37N3O4. The van der Waals surface area contributed by atoms with E-state index in [9.17, 15) is 4.79 Å². The molecule has 1 fully saturated rings. The van der Waals surface area contributed by atoms with Gasteiger partial charge in [0, 0.05) is 38.3 Å². The van der Waals surface area contributed by atoms with Crippen molar-refractivity contribution in [2.75, 3.05) is 67.1 Å². The Balaban J connectivity index is 1.66. The quantitative estimate of drug-likeness (QED) is 0.599. The number of nitrogens with zero attached hydrogens (tertiary/aromatic N) is 3. The zero-order valence-electron chi connectivity index (χ0n) is 19.4. The molecule has 2 heterocycles. The Labute approximate surface area is 186 Å². The lowest BCUT2D eigenvalue weighted by Gasteiger charge is -2.36. The number of likely N-dealkylation sites (N-methyl/N-ethyl adjacent to an activating group) is 1. The van der Waals surface area contributed by atoms with Crippen LogP contribution in [0.4, 0.5) is 0 Å². The second kappa shape index (κ2) is 11.4. The highest BCUT2D eigenvalue weighted by atomic mass is 16.6. The van der Waals surface area contributed by atoms with Gasteiger partial charge in [-0.2, -0.15) is 0 Å². The van der Waals surface area contributed by atoms with Crippen molar-refractivity contribution in [3.05, 3.63) is 41.3 Å². The first kappa shape index (κ1) is 23.4. The van der Waals surface area contributed by atoms with Crippen molar-refractivity contribution in [2.45, 2.75) is 26.3 Å². The second-order valence-electron chi connectivity index (χ2n) is 8.69. The third-order valence-corrected chi connectivity index (χ3v) is 5.93. The second-order valence-corrected chi connectivity index (χ2v) is 8.69. The maximum absolute atomic E-state index is 13.3. The van der Waals surface area contributed by atoms with E-state index in [1.54, 1.807) is 7.11 Å². The minimum absolute atomic E-state index is 0.0547. The first-order valence-electron chi connectivity index (χ1n) is 11.2. The summed E-state index contributed by atoms with van der Waals surface area (Å²) < 4.78 is 16.8. The summed E-state index contributed by atoms with van der Waals surface area (Å²) in [6.07, 6.45) is 2.26. The highest BCUT2D eigenvalue weighted by Crippen LogP contribution is 2.25. The molecule has 1 aromatic carbocycles. The van der Waals surface area contributed by atoms with Gasteiger partial charge in [0.2, 0.25) is 5.76 Å². The summed E-state index contributed by atoms with van der Waals surface area (Å²) in [5.41, 5.74) is 1.21. The summed E-state index contributed by atoms with van der Waals surface area (Å²) >= 11 is 0. The number of benzene rings is 1. The summed E-state index contributed by atoms with van der Waals surface area (Å²) in [5, 5.41) is 0. The van der Waals surface area contributed by atoms with E-state index in [0.717, 1.165) is 51.3 Å². The molecule has 0 aliphatic carbocycles. The smallest absolute Gasteiger partial charge is 0.292 e. The third-order valence-electron chi connectivity index (χ3n) is 5.93. The number of allylic oxidation sites excluding steroid dienone is 1. The van der Waals surface area contributed by atoms with Crippen LogP contribution in [0.5, 0.6) is 5.75 Å². The molecule has 0 spiro atoms. The van der Waals surface area contributed by atoms with Crippen LogP contribution in [-0.2, 0) is 20.8 Å². The summed E-state index contributed by atoms with van der Waals surface area (Å²) in [5.74, 6) is 2.27. The van der Waals surface area contributed by atoms with Gasteiger partial charge in [-0.25, -0.2) is 0 Å². The van der Waals surface area contributed by atoms with Crippen molar-refractivity contribution in [3.63, 3.8) is 0 Å². The van der Waals surface area contributed by atoms with Crippen LogP contribution in [0.2, 0.25) is 0 Å². The van der Waals surface area contributed by atoms with Gasteiger partial charge in [-0.3, -0.25) is 9.69 Å². The molecule has 0 N–H and O–H groups in total. The van der Waals surface area contributed by atoms with Crippen LogP contribution in [0.3, 0.4) is 0 Å². The molecule has 3 rings (SSSR count). The lowest BCUT2D eigenvalue weighted by atomic mass is 9.96. The van der Waals surface area contributed by atoms with Crippen molar-refractivity contribution in [1.82, 2.24) is 14.7 Å². The number of para-hydroxylation sites is 1. The molecule has 2 aliphatic rings. The van der Waals surface area contributed by atoms with Crippen LogP contribution in [0, 0.1) is 5.92 Å². The number of hydrogen-bond donors (Lipinski definition) is 0.